The number of benzene rings is 6. The van der Waals surface area contributed by atoms with E-state index in [4.69, 9.17) is 9.47 Å². The second kappa shape index (κ2) is 9.58. The molecule has 0 saturated heterocycles. The highest BCUT2D eigenvalue weighted by molar-refractivity contribution is 6.30. The van der Waals surface area contributed by atoms with E-state index >= 15 is 0 Å². The number of carbonyl (C=O) groups excluding carboxylic acids is 1. The van der Waals surface area contributed by atoms with E-state index < -0.39 is 11.2 Å². The van der Waals surface area contributed by atoms with Crippen LogP contribution >= 0.6 is 0 Å². The summed E-state index contributed by atoms with van der Waals surface area (Å²) in [4.78, 5) is 13.6. The number of ether oxygens (including phenoxy) is 2. The van der Waals surface area contributed by atoms with Gasteiger partial charge in [0.25, 0.3) is 0 Å². The number of nitrogens with zero attached hydrogens (tertiary/aromatic N) is 1. The first-order valence-electron chi connectivity index (χ1n) is 15.0. The van der Waals surface area contributed by atoms with Gasteiger partial charge < -0.3 is 9.47 Å². The molecule has 214 valence electrons. The fraction of sp³-hybridized carbons (Fsp3) is 0.125. The zero-order chi connectivity index (χ0) is 30.1. The van der Waals surface area contributed by atoms with Crippen LogP contribution in [0.15, 0.2) is 127 Å². The van der Waals surface area contributed by atoms with Gasteiger partial charge in [-0.15, -0.1) is 0 Å². The van der Waals surface area contributed by atoms with E-state index in [9.17, 15) is 4.79 Å². The average molecular weight is 574 g/mol. The molecule has 4 nitrogen and oxygen atoms in total. The predicted molar refractivity (Wildman–Crippen MR) is 179 cm³/mol. The number of hydrogen-bond acceptors (Lipinski definition) is 3. The van der Waals surface area contributed by atoms with Crippen LogP contribution in [0.5, 0.6) is 5.75 Å². The van der Waals surface area contributed by atoms with Crippen LogP contribution in [0.1, 0.15) is 37.5 Å². The number of aromatic nitrogens is 1. The normalized spacial score (nSPS) is 14.2. The maximum absolute atomic E-state index is 13.6. The van der Waals surface area contributed by atoms with Crippen LogP contribution in [0, 0.1) is 0 Å². The highest BCUT2D eigenvalue weighted by Gasteiger charge is 2.37. The summed E-state index contributed by atoms with van der Waals surface area (Å²) < 4.78 is 14.7. The highest BCUT2D eigenvalue weighted by Crippen LogP contribution is 2.47. The molecule has 0 bridgehead atoms. The van der Waals surface area contributed by atoms with Gasteiger partial charge in [-0.25, -0.2) is 9.36 Å². The lowest BCUT2D eigenvalue weighted by Crippen LogP contribution is -2.34. The van der Waals surface area contributed by atoms with E-state index in [1.807, 2.05) is 57.2 Å². The summed E-state index contributed by atoms with van der Waals surface area (Å²) >= 11 is 0. The minimum absolute atomic E-state index is 0.385. The van der Waals surface area contributed by atoms with Crippen molar-refractivity contribution in [1.29, 1.82) is 0 Å². The molecule has 2 heterocycles. The first kappa shape index (κ1) is 26.3. The molecule has 7 aromatic rings. The standard InChI is InChI=1S/C40H31NO3/c1-39(2,3)44-38(42)41-32-17-11-10-16-30(32)37-33(41)22-20-27-19-18-26-21-23-34-31(35(26)36(27)37)24-25-40(43-34,28-12-6-4-7-13-28)29-14-8-5-9-15-29/h4-25H,1-3H3. The van der Waals surface area contributed by atoms with Crippen molar-refractivity contribution < 1.29 is 14.3 Å². The third kappa shape index (κ3) is 3.95. The van der Waals surface area contributed by atoms with Gasteiger partial charge in [0, 0.05) is 38.2 Å². The van der Waals surface area contributed by atoms with E-state index in [0.717, 1.165) is 65.8 Å². The zero-order valence-corrected chi connectivity index (χ0v) is 24.9. The Balaban J connectivity index is 1.44. The largest absolute Gasteiger partial charge is 0.473 e. The Hall–Kier alpha value is -5.35. The van der Waals surface area contributed by atoms with Crippen molar-refractivity contribution in [2.45, 2.75) is 32.0 Å². The minimum atomic E-state index is -0.768. The SMILES string of the molecule is CC(C)(C)OC(=O)n1c2ccccc2c2c3c(ccc4ccc5c(c43)C=CC(c3ccccc3)(c3ccccc3)O5)ccc21. The molecule has 0 radical (unpaired) electrons. The van der Waals surface area contributed by atoms with Crippen molar-refractivity contribution in [3.63, 3.8) is 0 Å². The molecule has 1 aliphatic heterocycles. The molecule has 4 heteroatoms. The Morgan fingerprint density at radius 3 is 1.93 bits per heavy atom. The van der Waals surface area contributed by atoms with Crippen molar-refractivity contribution >= 4 is 55.5 Å². The first-order valence-corrected chi connectivity index (χ1v) is 15.0. The number of rotatable bonds is 2. The summed E-state index contributed by atoms with van der Waals surface area (Å²) in [5.74, 6) is 0.813. The van der Waals surface area contributed by atoms with E-state index in [0.29, 0.717) is 0 Å². The van der Waals surface area contributed by atoms with Gasteiger partial charge in [-0.2, -0.15) is 0 Å². The predicted octanol–water partition coefficient (Wildman–Crippen LogP) is 10.2. The van der Waals surface area contributed by atoms with Gasteiger partial charge in [0.2, 0.25) is 0 Å². The van der Waals surface area contributed by atoms with Crippen LogP contribution in [0.2, 0.25) is 0 Å². The van der Waals surface area contributed by atoms with Crippen molar-refractivity contribution in [2.24, 2.45) is 0 Å². The smallest absolute Gasteiger partial charge is 0.419 e. The Morgan fingerprint density at radius 1 is 0.659 bits per heavy atom. The monoisotopic (exact) mass is 573 g/mol. The quantitative estimate of drug-likeness (QED) is 0.193. The van der Waals surface area contributed by atoms with E-state index in [1.54, 1.807) is 4.57 Å². The van der Waals surface area contributed by atoms with Gasteiger partial charge in [-0.05, 0) is 61.9 Å². The highest BCUT2D eigenvalue weighted by atomic mass is 16.6. The van der Waals surface area contributed by atoms with Gasteiger partial charge in [0.15, 0.2) is 5.60 Å². The molecule has 0 N–H and O–H groups in total. The average Bonchev–Trinajstić information content (AvgIpc) is 3.39. The van der Waals surface area contributed by atoms with Crippen molar-refractivity contribution in [1.82, 2.24) is 4.57 Å². The molecule has 6 aromatic carbocycles. The third-order valence-corrected chi connectivity index (χ3v) is 8.54. The third-order valence-electron chi connectivity index (χ3n) is 8.54. The summed E-state index contributed by atoms with van der Waals surface area (Å²) in [5.41, 5.74) is 3.41. The van der Waals surface area contributed by atoms with E-state index in [2.05, 4.69) is 97.1 Å². The van der Waals surface area contributed by atoms with Crippen molar-refractivity contribution in [2.75, 3.05) is 0 Å². The summed E-state index contributed by atoms with van der Waals surface area (Å²) in [5, 5.41) is 6.44. The lowest BCUT2D eigenvalue weighted by molar-refractivity contribution is 0.0551. The summed E-state index contributed by atoms with van der Waals surface area (Å²) in [6.07, 6.45) is 4.01. The molecule has 1 aliphatic rings. The van der Waals surface area contributed by atoms with Crippen LogP contribution in [0.4, 0.5) is 4.79 Å². The van der Waals surface area contributed by atoms with Crippen molar-refractivity contribution in [3.05, 3.63) is 144 Å². The fourth-order valence-corrected chi connectivity index (χ4v) is 6.71. The molecule has 8 rings (SSSR count). The molecular weight excluding hydrogens is 542 g/mol. The molecule has 0 atom stereocenters. The molecule has 0 spiro atoms. The molecular formula is C40H31NO3. The second-order valence-corrected chi connectivity index (χ2v) is 12.4. The summed E-state index contributed by atoms with van der Waals surface area (Å²) in [6.45, 7) is 5.68. The van der Waals surface area contributed by atoms with Gasteiger partial charge >= 0.3 is 6.09 Å². The maximum atomic E-state index is 13.6. The molecule has 0 aliphatic carbocycles. The second-order valence-electron chi connectivity index (χ2n) is 12.4. The number of hydrogen-bond donors (Lipinski definition) is 0. The van der Waals surface area contributed by atoms with Crippen LogP contribution in [-0.2, 0) is 10.3 Å². The zero-order valence-electron chi connectivity index (χ0n) is 24.9. The van der Waals surface area contributed by atoms with Crippen LogP contribution < -0.4 is 4.74 Å². The van der Waals surface area contributed by atoms with Crippen molar-refractivity contribution in [3.8, 4) is 5.75 Å². The number of fused-ring (bicyclic) bond motifs is 9. The molecule has 0 unspecified atom stereocenters. The van der Waals surface area contributed by atoms with Crippen LogP contribution in [0.25, 0.3) is 49.4 Å². The van der Waals surface area contributed by atoms with Crippen LogP contribution in [0.3, 0.4) is 0 Å². The first-order chi connectivity index (χ1) is 21.3. The Kier molecular flexibility index (Phi) is 5.73. The van der Waals surface area contributed by atoms with E-state index in [1.165, 1.54) is 0 Å². The number of para-hydroxylation sites is 1. The van der Waals surface area contributed by atoms with Crippen LogP contribution in [-0.4, -0.2) is 16.3 Å². The number of carbonyl (C=O) groups is 1. The van der Waals surface area contributed by atoms with Gasteiger partial charge in [-0.1, -0.05) is 103 Å². The topological polar surface area (TPSA) is 40.5 Å². The Bertz CT molecular complexity index is 2230. The molecule has 1 aromatic heterocycles. The molecule has 0 amide bonds. The molecule has 0 fully saturated rings. The van der Waals surface area contributed by atoms with Gasteiger partial charge in [-0.3, -0.25) is 0 Å². The molecule has 44 heavy (non-hydrogen) atoms. The van der Waals surface area contributed by atoms with Gasteiger partial charge in [0.05, 0.1) is 11.0 Å². The minimum Gasteiger partial charge on any atom is -0.473 e. The summed E-state index contributed by atoms with van der Waals surface area (Å²) in [6, 6.07) is 41.5. The fourth-order valence-electron chi connectivity index (χ4n) is 6.71. The Labute approximate surface area is 255 Å². The van der Waals surface area contributed by atoms with Gasteiger partial charge in [0.1, 0.15) is 11.4 Å². The van der Waals surface area contributed by atoms with E-state index in [-0.39, 0.29) is 6.09 Å². The molecule has 0 saturated carbocycles. The maximum Gasteiger partial charge on any atom is 0.419 e. The Morgan fingerprint density at radius 2 is 1.25 bits per heavy atom. The lowest BCUT2D eigenvalue weighted by Gasteiger charge is -2.36. The lowest BCUT2D eigenvalue weighted by atomic mass is 9.83. The summed E-state index contributed by atoms with van der Waals surface area (Å²) in [7, 11) is 0.